The summed E-state index contributed by atoms with van der Waals surface area (Å²) in [6.07, 6.45) is 10.2. The van der Waals surface area contributed by atoms with E-state index in [1.165, 1.54) is 25.8 Å². The van der Waals surface area contributed by atoms with Crippen LogP contribution in [0.4, 0.5) is 0 Å². The van der Waals surface area contributed by atoms with E-state index in [4.69, 9.17) is 28.5 Å². The maximum absolute atomic E-state index is 12.8. The minimum absolute atomic E-state index is 0.0636. The molecule has 258 valence electrons. The number of fused-ring (bicyclic) bond motifs is 2. The zero-order valence-electron chi connectivity index (χ0n) is 29.7. The largest absolute Gasteiger partial charge is 0.462 e. The van der Waals surface area contributed by atoms with Crippen molar-refractivity contribution in [3.63, 3.8) is 0 Å². The van der Waals surface area contributed by atoms with Gasteiger partial charge in [-0.25, -0.2) is 0 Å². The molecule has 1 aliphatic heterocycles. The molecule has 46 heavy (non-hydrogen) atoms. The summed E-state index contributed by atoms with van der Waals surface area (Å²) in [5.74, 6) is -1.08. The minimum Gasteiger partial charge on any atom is -0.462 e. The molecule has 4 saturated carbocycles. The van der Waals surface area contributed by atoms with E-state index in [9.17, 15) is 9.59 Å². The average molecular weight is 644 g/mol. The summed E-state index contributed by atoms with van der Waals surface area (Å²) >= 11 is 0. The first kappa shape index (κ1) is 33.9. The molecule has 5 fully saturated rings. The van der Waals surface area contributed by atoms with E-state index in [-0.39, 0.29) is 63.4 Å². The van der Waals surface area contributed by atoms with Crippen LogP contribution in [-0.4, -0.2) is 64.5 Å². The van der Waals surface area contributed by atoms with E-state index in [0.29, 0.717) is 25.0 Å². The molecule has 0 radical (unpaired) electrons. The molecule has 0 aromatic carbocycles. The second-order valence-corrected chi connectivity index (χ2v) is 16.2. The topological polar surface area (TPSA) is 102 Å². The molecule has 0 aromatic heterocycles. The van der Waals surface area contributed by atoms with Crippen LogP contribution in [0.3, 0.4) is 0 Å². The molecule has 1 N–H and O–H groups in total. The Hall–Kier alpha value is -1.94. The number of carbonyl (C=O) groups is 2. The lowest BCUT2D eigenvalue weighted by molar-refractivity contribution is -0.293. The predicted octanol–water partition coefficient (Wildman–Crippen LogP) is 5.98. The number of rotatable bonds is 10. The van der Waals surface area contributed by atoms with Crippen LogP contribution in [0.15, 0.2) is 23.4 Å². The van der Waals surface area contributed by atoms with E-state index >= 15 is 0 Å². The molecule has 0 amide bonds. The number of carbonyl (C=O) groups excluding carboxylic acids is 2. The van der Waals surface area contributed by atoms with Crippen molar-refractivity contribution in [2.24, 2.45) is 57.2 Å². The van der Waals surface area contributed by atoms with E-state index in [2.05, 4.69) is 52.3 Å². The lowest BCUT2D eigenvalue weighted by Crippen LogP contribution is -2.60. The van der Waals surface area contributed by atoms with Crippen LogP contribution in [-0.2, 0) is 38.1 Å². The molecule has 6 rings (SSSR count). The van der Waals surface area contributed by atoms with Crippen LogP contribution in [0.5, 0.6) is 0 Å². The van der Waals surface area contributed by atoms with Gasteiger partial charge < -0.3 is 23.7 Å². The van der Waals surface area contributed by atoms with Gasteiger partial charge in [0, 0.05) is 51.2 Å². The summed E-state index contributed by atoms with van der Waals surface area (Å²) < 4.78 is 31.0. The summed E-state index contributed by atoms with van der Waals surface area (Å²) in [4.78, 5) is 30.9. The predicted molar refractivity (Wildman–Crippen MR) is 172 cm³/mol. The summed E-state index contributed by atoms with van der Waals surface area (Å²) in [6.45, 7) is 15.3. The second-order valence-electron chi connectivity index (χ2n) is 16.2. The van der Waals surface area contributed by atoms with Crippen molar-refractivity contribution in [2.45, 2.75) is 105 Å². The smallest absolute Gasteiger partial charge is 0.303 e. The zero-order valence-corrected chi connectivity index (χ0v) is 29.7. The Kier molecular flexibility index (Phi) is 8.55. The Morgan fingerprint density at radius 1 is 1.09 bits per heavy atom. The van der Waals surface area contributed by atoms with E-state index in [1.54, 1.807) is 21.3 Å². The highest BCUT2D eigenvalue weighted by molar-refractivity contribution is 5.67. The third-order valence-corrected chi connectivity index (χ3v) is 14.6. The van der Waals surface area contributed by atoms with Gasteiger partial charge in [0.25, 0.3) is 0 Å². The highest BCUT2D eigenvalue weighted by Crippen LogP contribution is 2.87. The van der Waals surface area contributed by atoms with Gasteiger partial charge in [-0.1, -0.05) is 33.8 Å². The van der Waals surface area contributed by atoms with Crippen molar-refractivity contribution in [1.82, 2.24) is 5.48 Å². The zero-order chi connectivity index (χ0) is 33.4. The Morgan fingerprint density at radius 3 is 2.46 bits per heavy atom. The Balaban J connectivity index is 1.39. The van der Waals surface area contributed by atoms with Crippen molar-refractivity contribution >= 4 is 11.9 Å². The van der Waals surface area contributed by atoms with Crippen LogP contribution < -0.4 is 5.48 Å². The SMILES string of the molecule is COCC1C(C)COC1(OC)[C@H](OC(C)=O)[C@@H](C)[C@H]1[C@@H](OC(C)=O)C[C@@]2(C)[C@@H]3CC[C@H]4C(C)=C(NOC)C=C[C@@]45C[C@@]35CC[C@]12C. The van der Waals surface area contributed by atoms with E-state index < -0.39 is 11.9 Å². The number of nitrogens with one attached hydrogen (secondary N) is 1. The van der Waals surface area contributed by atoms with Gasteiger partial charge >= 0.3 is 11.9 Å². The van der Waals surface area contributed by atoms with Gasteiger partial charge in [0.2, 0.25) is 5.79 Å². The Bertz CT molecular complexity index is 1300. The van der Waals surface area contributed by atoms with Crippen LogP contribution >= 0.6 is 0 Å². The molecule has 1 heterocycles. The first-order valence-corrected chi connectivity index (χ1v) is 17.4. The van der Waals surface area contributed by atoms with Crippen LogP contribution in [0, 0.1) is 57.2 Å². The molecule has 2 spiro atoms. The second kappa shape index (κ2) is 11.6. The van der Waals surface area contributed by atoms with Gasteiger partial charge in [0.1, 0.15) is 6.10 Å². The molecule has 0 bridgehead atoms. The highest BCUT2D eigenvalue weighted by Gasteiger charge is 2.81. The van der Waals surface area contributed by atoms with Gasteiger partial charge in [0.05, 0.1) is 26.0 Å². The van der Waals surface area contributed by atoms with E-state index in [1.807, 2.05) is 0 Å². The number of ether oxygens (including phenoxy) is 5. The third-order valence-electron chi connectivity index (χ3n) is 14.6. The first-order valence-electron chi connectivity index (χ1n) is 17.4. The quantitative estimate of drug-likeness (QED) is 0.228. The minimum atomic E-state index is -1.17. The molecule has 5 aliphatic carbocycles. The normalized spacial score (nSPS) is 46.8. The van der Waals surface area contributed by atoms with Crippen LogP contribution in [0.1, 0.15) is 87.0 Å². The first-order chi connectivity index (χ1) is 21.7. The molecule has 13 atom stereocenters. The van der Waals surface area contributed by atoms with E-state index in [0.717, 1.165) is 37.8 Å². The van der Waals surface area contributed by atoms with Crippen molar-refractivity contribution in [3.05, 3.63) is 23.4 Å². The molecule has 6 aliphatic rings. The molecule has 0 aromatic rings. The summed E-state index contributed by atoms with van der Waals surface area (Å²) in [5, 5.41) is 0. The van der Waals surface area contributed by atoms with Gasteiger partial charge in [-0.05, 0) is 91.1 Å². The number of methoxy groups -OCH3 is 2. The third kappa shape index (κ3) is 4.46. The monoisotopic (exact) mass is 643 g/mol. The van der Waals surface area contributed by atoms with Gasteiger partial charge in [-0.15, -0.1) is 0 Å². The lowest BCUT2D eigenvalue weighted by atomic mass is 9.43. The van der Waals surface area contributed by atoms with Crippen LogP contribution in [0.2, 0.25) is 0 Å². The van der Waals surface area contributed by atoms with Gasteiger partial charge in [-0.3, -0.25) is 19.9 Å². The molecule has 3 unspecified atom stereocenters. The summed E-state index contributed by atoms with van der Waals surface area (Å²) in [5.41, 5.74) is 5.77. The highest BCUT2D eigenvalue weighted by atomic mass is 16.7. The number of hydrogen-bond acceptors (Lipinski definition) is 9. The molecule has 1 saturated heterocycles. The van der Waals surface area contributed by atoms with Crippen molar-refractivity contribution < 1.29 is 38.1 Å². The standard InChI is InChI=1S/C37H57NO8/c1-21-18-44-37(42-9,27(21)19-41-8)32(46-25(5)40)23(3)31-29(45-24(4)39)17-34(7)30-12-11-26-22(2)28(38-43-10)13-14-35(26)20-36(30,35)16-15-33(31,34)6/h13-14,21,23,26-27,29-32,38H,11-12,15-20H2,1-10H3/t21?,23-,26-,27?,29-,30-,31-,32+,33+,34-,35+,36-,37?/m0/s1. The molecule has 9 heteroatoms. The molecular formula is C37H57NO8. The van der Waals surface area contributed by atoms with Gasteiger partial charge in [-0.2, -0.15) is 0 Å². The van der Waals surface area contributed by atoms with Gasteiger partial charge in [0.15, 0.2) is 6.10 Å². The fourth-order valence-corrected chi connectivity index (χ4v) is 12.6. The number of hydroxylamine groups is 1. The summed E-state index contributed by atoms with van der Waals surface area (Å²) in [6, 6.07) is 0. The average Bonchev–Trinajstić information content (AvgIpc) is 3.47. The maximum Gasteiger partial charge on any atom is 0.303 e. The fourth-order valence-electron chi connectivity index (χ4n) is 12.6. The maximum atomic E-state index is 12.8. The van der Waals surface area contributed by atoms with Crippen molar-refractivity contribution in [1.29, 1.82) is 0 Å². The number of hydrogen-bond donors (Lipinski definition) is 1. The fraction of sp³-hybridized carbons (Fsp3) is 0.838. The van der Waals surface area contributed by atoms with Crippen LogP contribution in [0.25, 0.3) is 0 Å². The van der Waals surface area contributed by atoms with Crippen molar-refractivity contribution in [3.8, 4) is 0 Å². The number of esters is 2. The lowest BCUT2D eigenvalue weighted by Gasteiger charge is -2.61. The molecule has 9 nitrogen and oxygen atoms in total. The Labute approximate surface area is 275 Å². The van der Waals surface area contributed by atoms with Crippen molar-refractivity contribution in [2.75, 3.05) is 34.5 Å². The molecular weight excluding hydrogens is 586 g/mol. The number of allylic oxidation sites excluding steroid dienone is 3. The summed E-state index contributed by atoms with van der Waals surface area (Å²) in [7, 11) is 5.00. The Morgan fingerprint density at radius 2 is 1.83 bits per heavy atom.